The third-order valence-electron chi connectivity index (χ3n) is 6.58. The molecule has 0 aliphatic heterocycles. The van der Waals surface area contributed by atoms with Crippen molar-refractivity contribution in [1.82, 2.24) is 24.4 Å². The summed E-state index contributed by atoms with van der Waals surface area (Å²) in [5, 5.41) is 4.48. The summed E-state index contributed by atoms with van der Waals surface area (Å²) in [5.41, 5.74) is 6.54. The van der Waals surface area contributed by atoms with Crippen LogP contribution >= 0.6 is 11.6 Å². The number of hydrogen-bond donors (Lipinski definition) is 1. The molecule has 0 bridgehead atoms. The fraction of sp³-hybridized carbons (Fsp3) is 0.200. The number of likely N-dealkylation sites (N-methyl/N-ethyl adjacent to an activating group) is 1. The molecule has 7 nitrogen and oxygen atoms in total. The molecule has 0 radical (unpaired) electrons. The van der Waals surface area contributed by atoms with Gasteiger partial charge in [-0.3, -0.25) is 14.3 Å². The van der Waals surface area contributed by atoms with Crippen LogP contribution in [0.25, 0.3) is 33.3 Å². The Kier molecular flexibility index (Phi) is 7.22. The zero-order valence-electron chi connectivity index (χ0n) is 21.9. The zero-order chi connectivity index (χ0) is 26.8. The number of aromatic nitrogens is 4. The first kappa shape index (κ1) is 25.6. The largest absolute Gasteiger partial charge is 0.324 e. The number of rotatable bonds is 7. The van der Waals surface area contributed by atoms with Crippen molar-refractivity contribution in [3.05, 3.63) is 99.7 Å². The lowest BCUT2D eigenvalue weighted by atomic mass is 9.99. The van der Waals surface area contributed by atoms with E-state index in [1.807, 2.05) is 49.4 Å². The first-order valence-electron chi connectivity index (χ1n) is 12.4. The lowest BCUT2D eigenvalue weighted by Gasteiger charge is -2.13. The van der Waals surface area contributed by atoms with Gasteiger partial charge in [0.2, 0.25) is 5.95 Å². The number of benzene rings is 2. The van der Waals surface area contributed by atoms with Crippen LogP contribution in [-0.2, 0) is 13.5 Å². The summed E-state index contributed by atoms with van der Waals surface area (Å²) in [5.74, 6) is 0.426. The van der Waals surface area contributed by atoms with E-state index >= 15 is 0 Å². The lowest BCUT2D eigenvalue weighted by molar-refractivity contribution is 0.413. The van der Waals surface area contributed by atoms with Crippen molar-refractivity contribution in [1.29, 1.82) is 0 Å². The van der Waals surface area contributed by atoms with E-state index in [1.165, 1.54) is 10.1 Å². The number of halogens is 1. The van der Waals surface area contributed by atoms with Crippen LogP contribution in [-0.4, -0.2) is 45.1 Å². The van der Waals surface area contributed by atoms with Crippen molar-refractivity contribution in [2.24, 2.45) is 7.05 Å². The first-order valence-corrected chi connectivity index (χ1v) is 12.8. The fourth-order valence-corrected chi connectivity index (χ4v) is 4.71. The van der Waals surface area contributed by atoms with Gasteiger partial charge in [-0.25, -0.2) is 4.98 Å². The van der Waals surface area contributed by atoms with E-state index in [1.54, 1.807) is 25.5 Å². The molecule has 5 aromatic rings. The van der Waals surface area contributed by atoms with Crippen molar-refractivity contribution in [2.45, 2.75) is 13.3 Å². The second-order valence-corrected chi connectivity index (χ2v) is 10.0. The van der Waals surface area contributed by atoms with Gasteiger partial charge < -0.3 is 10.2 Å². The molecule has 0 aliphatic carbocycles. The maximum Gasteiger partial charge on any atom is 0.259 e. The Hall–Kier alpha value is -4.07. The van der Waals surface area contributed by atoms with Gasteiger partial charge in [-0.05, 0) is 68.9 Å². The highest BCUT2D eigenvalue weighted by Gasteiger charge is 2.15. The molecule has 192 valence electrons. The molecule has 0 fully saturated rings. The van der Waals surface area contributed by atoms with Gasteiger partial charge in [0.15, 0.2) is 0 Å². The van der Waals surface area contributed by atoms with Gasteiger partial charge in [0, 0.05) is 64.5 Å². The van der Waals surface area contributed by atoms with Crippen molar-refractivity contribution < 1.29 is 0 Å². The molecule has 3 heterocycles. The number of anilines is 2. The first-order chi connectivity index (χ1) is 18.3. The van der Waals surface area contributed by atoms with Gasteiger partial charge in [0.1, 0.15) is 5.65 Å². The van der Waals surface area contributed by atoms with Crippen LogP contribution in [0.3, 0.4) is 0 Å². The van der Waals surface area contributed by atoms with Gasteiger partial charge >= 0.3 is 0 Å². The molecule has 1 N–H and O–H groups in total. The zero-order valence-corrected chi connectivity index (χ0v) is 22.6. The third-order valence-corrected chi connectivity index (χ3v) is 6.90. The molecule has 5 rings (SSSR count). The minimum Gasteiger partial charge on any atom is -0.324 e. The van der Waals surface area contributed by atoms with Crippen LogP contribution in [0.4, 0.5) is 11.6 Å². The van der Waals surface area contributed by atoms with Gasteiger partial charge in [-0.2, -0.15) is 4.98 Å². The summed E-state index contributed by atoms with van der Waals surface area (Å²) in [6, 6.07) is 19.6. The van der Waals surface area contributed by atoms with Gasteiger partial charge in [-0.15, -0.1) is 0 Å². The number of fused-ring (bicyclic) bond motifs is 1. The summed E-state index contributed by atoms with van der Waals surface area (Å²) >= 11 is 6.69. The highest BCUT2D eigenvalue weighted by molar-refractivity contribution is 6.33. The Labute approximate surface area is 226 Å². The minimum atomic E-state index is -0.181. The number of pyridine rings is 2. The predicted molar refractivity (Wildman–Crippen MR) is 155 cm³/mol. The SMILES string of the molecule is Cc1ncccc1-c1ccc(-c2cc3cnc(Nc4ccc(CCN(C)C)cc4)nc3n(C)c2=O)c(Cl)c1. The lowest BCUT2D eigenvalue weighted by Crippen LogP contribution is -2.20. The highest BCUT2D eigenvalue weighted by Crippen LogP contribution is 2.32. The molecular formula is C30H29ClN6O. The van der Waals surface area contributed by atoms with Crippen LogP contribution in [0.2, 0.25) is 5.02 Å². The average molecular weight is 525 g/mol. The molecule has 0 amide bonds. The molecule has 0 saturated heterocycles. The normalized spacial score (nSPS) is 11.3. The van der Waals surface area contributed by atoms with E-state index in [4.69, 9.17) is 11.6 Å². The molecule has 0 spiro atoms. The molecule has 2 aromatic carbocycles. The van der Waals surface area contributed by atoms with E-state index in [0.29, 0.717) is 27.7 Å². The highest BCUT2D eigenvalue weighted by atomic mass is 35.5. The smallest absolute Gasteiger partial charge is 0.259 e. The van der Waals surface area contributed by atoms with E-state index in [9.17, 15) is 4.79 Å². The van der Waals surface area contributed by atoms with Crippen molar-refractivity contribution in [2.75, 3.05) is 26.0 Å². The topological polar surface area (TPSA) is 75.9 Å². The molecule has 0 saturated carbocycles. The Morgan fingerprint density at radius 1 is 0.974 bits per heavy atom. The second-order valence-electron chi connectivity index (χ2n) is 9.60. The van der Waals surface area contributed by atoms with Crippen molar-refractivity contribution in [3.8, 4) is 22.3 Å². The Balaban J connectivity index is 1.44. The molecule has 3 aromatic heterocycles. The number of hydrogen-bond acceptors (Lipinski definition) is 6. The molecule has 0 aliphatic rings. The van der Waals surface area contributed by atoms with Crippen LogP contribution in [0, 0.1) is 6.92 Å². The van der Waals surface area contributed by atoms with E-state index < -0.39 is 0 Å². The number of aryl methyl sites for hydroxylation is 2. The van der Waals surface area contributed by atoms with Crippen LogP contribution in [0.15, 0.2) is 77.9 Å². The average Bonchev–Trinajstić information content (AvgIpc) is 2.91. The predicted octanol–water partition coefficient (Wildman–Crippen LogP) is 5.87. The summed E-state index contributed by atoms with van der Waals surface area (Å²) in [7, 11) is 5.85. The fourth-order valence-electron chi connectivity index (χ4n) is 4.43. The molecular weight excluding hydrogens is 496 g/mol. The quantitative estimate of drug-likeness (QED) is 0.287. The minimum absolute atomic E-state index is 0.181. The van der Waals surface area contributed by atoms with E-state index in [-0.39, 0.29) is 5.56 Å². The molecule has 38 heavy (non-hydrogen) atoms. The van der Waals surface area contributed by atoms with Crippen LogP contribution in [0.5, 0.6) is 0 Å². The van der Waals surface area contributed by atoms with Gasteiger partial charge in [-0.1, -0.05) is 41.9 Å². The molecule has 8 heteroatoms. The van der Waals surface area contributed by atoms with Crippen LogP contribution in [0.1, 0.15) is 11.3 Å². The second kappa shape index (κ2) is 10.7. The number of nitrogens with zero attached hydrogens (tertiary/aromatic N) is 5. The standard InChI is InChI=1S/C30H29ClN6O/c1-19-24(6-5-14-32-19)21-9-12-25(27(31)17-21)26-16-22-18-33-30(35-28(22)37(4)29(26)38)34-23-10-7-20(8-11-23)13-15-36(2)3/h5-12,14,16-18H,13,15H2,1-4H3,(H,33,34,35). The van der Waals surface area contributed by atoms with Crippen molar-refractivity contribution in [3.63, 3.8) is 0 Å². The maximum absolute atomic E-state index is 13.4. The summed E-state index contributed by atoms with van der Waals surface area (Å²) in [6.45, 7) is 2.96. The summed E-state index contributed by atoms with van der Waals surface area (Å²) in [6.07, 6.45) is 4.47. The van der Waals surface area contributed by atoms with Crippen LogP contribution < -0.4 is 10.9 Å². The van der Waals surface area contributed by atoms with Gasteiger partial charge in [0.25, 0.3) is 5.56 Å². The number of nitrogens with one attached hydrogen (secondary N) is 1. The van der Waals surface area contributed by atoms with Gasteiger partial charge in [0.05, 0.1) is 0 Å². The summed E-state index contributed by atoms with van der Waals surface area (Å²) < 4.78 is 1.54. The molecule has 0 atom stereocenters. The monoisotopic (exact) mass is 524 g/mol. The molecule has 0 unspecified atom stereocenters. The Morgan fingerprint density at radius 3 is 2.47 bits per heavy atom. The van der Waals surface area contributed by atoms with Crippen molar-refractivity contribution >= 4 is 34.3 Å². The van der Waals surface area contributed by atoms with E-state index in [0.717, 1.165) is 40.9 Å². The third kappa shape index (κ3) is 5.30. The van der Waals surface area contributed by atoms with E-state index in [2.05, 4.69) is 51.4 Å². The Bertz CT molecular complexity index is 1680. The maximum atomic E-state index is 13.4. The Morgan fingerprint density at radius 2 is 1.76 bits per heavy atom. The summed E-state index contributed by atoms with van der Waals surface area (Å²) in [4.78, 5) is 29.0.